The summed E-state index contributed by atoms with van der Waals surface area (Å²) in [6.07, 6.45) is 0.820. The molecular formula is C12H15N3O2S2. The molecule has 0 saturated carbocycles. The van der Waals surface area contributed by atoms with Gasteiger partial charge >= 0.3 is 0 Å². The molecule has 0 aliphatic heterocycles. The quantitative estimate of drug-likeness (QED) is 0.941. The molecule has 7 heteroatoms. The zero-order valence-electron chi connectivity index (χ0n) is 11.0. The summed E-state index contributed by atoms with van der Waals surface area (Å²) in [5.41, 5.74) is 1.45. The van der Waals surface area contributed by atoms with Crippen LogP contribution in [0.5, 0.6) is 0 Å². The van der Waals surface area contributed by atoms with E-state index in [1.165, 1.54) is 11.3 Å². The van der Waals surface area contributed by atoms with Crippen LogP contribution in [0.2, 0.25) is 0 Å². The van der Waals surface area contributed by atoms with Crippen molar-refractivity contribution in [3.63, 3.8) is 0 Å². The molecule has 0 aromatic carbocycles. The second-order valence-electron chi connectivity index (χ2n) is 4.15. The van der Waals surface area contributed by atoms with Crippen LogP contribution in [0.25, 0.3) is 0 Å². The number of nitrogens with zero attached hydrogens (tertiary/aromatic N) is 2. The van der Waals surface area contributed by atoms with Gasteiger partial charge in [-0.15, -0.1) is 11.3 Å². The van der Waals surface area contributed by atoms with E-state index in [2.05, 4.69) is 14.7 Å². The van der Waals surface area contributed by atoms with Crippen LogP contribution in [0, 0.1) is 13.8 Å². The summed E-state index contributed by atoms with van der Waals surface area (Å²) in [5, 5.41) is 0. The number of rotatable bonds is 4. The first kappa shape index (κ1) is 14.0. The Morgan fingerprint density at radius 3 is 2.37 bits per heavy atom. The zero-order valence-corrected chi connectivity index (χ0v) is 12.6. The first-order valence-electron chi connectivity index (χ1n) is 5.84. The molecule has 0 unspecified atom stereocenters. The molecule has 0 atom stereocenters. The van der Waals surface area contributed by atoms with E-state index in [-0.39, 0.29) is 10.2 Å². The van der Waals surface area contributed by atoms with Crippen molar-refractivity contribution in [3.8, 4) is 0 Å². The van der Waals surface area contributed by atoms with Gasteiger partial charge in [0.15, 0.2) is 0 Å². The summed E-state index contributed by atoms with van der Waals surface area (Å²) < 4.78 is 27.0. The summed E-state index contributed by atoms with van der Waals surface area (Å²) in [6.45, 7) is 5.59. The van der Waals surface area contributed by atoms with Crippen molar-refractivity contribution in [1.29, 1.82) is 0 Å². The fourth-order valence-electron chi connectivity index (χ4n) is 1.63. The highest BCUT2D eigenvalue weighted by Gasteiger charge is 2.18. The van der Waals surface area contributed by atoms with Crippen molar-refractivity contribution in [2.24, 2.45) is 0 Å². The van der Waals surface area contributed by atoms with Gasteiger partial charge in [0.1, 0.15) is 4.21 Å². The van der Waals surface area contributed by atoms with Crippen molar-refractivity contribution in [2.45, 2.75) is 31.4 Å². The van der Waals surface area contributed by atoms with Gasteiger partial charge in [0.25, 0.3) is 10.0 Å². The molecule has 0 radical (unpaired) electrons. The Morgan fingerprint density at radius 1 is 1.21 bits per heavy atom. The maximum atomic E-state index is 12.2. The molecular weight excluding hydrogens is 282 g/mol. The number of aromatic nitrogens is 2. The number of sulfonamides is 1. The molecule has 0 saturated heterocycles. The number of aryl methyl sites for hydroxylation is 3. The molecule has 1 N–H and O–H groups in total. The zero-order chi connectivity index (χ0) is 14.0. The van der Waals surface area contributed by atoms with E-state index in [1.807, 2.05) is 13.0 Å². The largest absolute Gasteiger partial charge is 0.273 e. The fraction of sp³-hybridized carbons (Fsp3) is 0.333. The van der Waals surface area contributed by atoms with Crippen LogP contribution in [0.15, 0.2) is 22.4 Å². The minimum Gasteiger partial charge on any atom is -0.246 e. The van der Waals surface area contributed by atoms with Crippen LogP contribution in [0.3, 0.4) is 0 Å². The Hall–Kier alpha value is -1.47. The van der Waals surface area contributed by atoms with Gasteiger partial charge in [0, 0.05) is 16.3 Å². The summed E-state index contributed by atoms with van der Waals surface area (Å²) in [4.78, 5) is 9.18. The lowest BCUT2D eigenvalue weighted by atomic mass is 10.4. The van der Waals surface area contributed by atoms with E-state index in [1.54, 1.807) is 26.0 Å². The van der Waals surface area contributed by atoms with Crippen molar-refractivity contribution in [2.75, 3.05) is 4.72 Å². The minimum absolute atomic E-state index is 0.115. The summed E-state index contributed by atoms with van der Waals surface area (Å²) in [7, 11) is -3.59. The number of nitrogens with one attached hydrogen (secondary N) is 1. The fourth-order valence-corrected chi connectivity index (χ4v) is 3.87. The molecule has 5 nitrogen and oxygen atoms in total. The summed E-state index contributed by atoms with van der Waals surface area (Å²) in [5.74, 6) is 0.115. The Kier molecular flexibility index (Phi) is 3.86. The predicted molar refractivity (Wildman–Crippen MR) is 76.0 cm³/mol. The molecule has 2 aromatic heterocycles. The topological polar surface area (TPSA) is 72.0 Å². The monoisotopic (exact) mass is 297 g/mol. The molecule has 0 aliphatic carbocycles. The lowest BCUT2D eigenvalue weighted by Gasteiger charge is -2.06. The SMILES string of the molecule is CCc1ccc(S(=O)(=O)Nc2nc(C)cc(C)n2)s1. The van der Waals surface area contributed by atoms with Gasteiger partial charge in [-0.25, -0.2) is 23.1 Å². The highest BCUT2D eigenvalue weighted by Crippen LogP contribution is 2.23. The maximum absolute atomic E-state index is 12.2. The normalized spacial score (nSPS) is 11.5. The third-order valence-corrected chi connectivity index (χ3v) is 5.51. The molecule has 0 amide bonds. The highest BCUT2D eigenvalue weighted by atomic mass is 32.2. The van der Waals surface area contributed by atoms with Crippen molar-refractivity contribution in [3.05, 3.63) is 34.5 Å². The van der Waals surface area contributed by atoms with Crippen molar-refractivity contribution >= 4 is 27.3 Å². The van der Waals surface area contributed by atoms with Gasteiger partial charge in [-0.1, -0.05) is 6.92 Å². The van der Waals surface area contributed by atoms with Gasteiger partial charge in [0.2, 0.25) is 5.95 Å². The summed E-state index contributed by atoms with van der Waals surface area (Å²) in [6, 6.07) is 5.22. The first-order chi connectivity index (χ1) is 8.90. The number of hydrogen-bond donors (Lipinski definition) is 1. The Labute approximate surface area is 116 Å². The number of anilines is 1. The molecule has 2 rings (SSSR count). The molecule has 19 heavy (non-hydrogen) atoms. The van der Waals surface area contributed by atoms with Crippen molar-refractivity contribution < 1.29 is 8.42 Å². The van der Waals surface area contributed by atoms with Crippen molar-refractivity contribution in [1.82, 2.24) is 9.97 Å². The first-order valence-corrected chi connectivity index (χ1v) is 8.14. The average Bonchev–Trinajstić information content (AvgIpc) is 2.75. The molecule has 0 aliphatic rings. The smallest absolute Gasteiger partial charge is 0.246 e. The van der Waals surface area contributed by atoms with E-state index in [0.717, 1.165) is 22.7 Å². The highest BCUT2D eigenvalue weighted by molar-refractivity contribution is 7.94. The molecule has 2 heterocycles. The lowest BCUT2D eigenvalue weighted by molar-refractivity contribution is 0.602. The van der Waals surface area contributed by atoms with Gasteiger partial charge in [-0.2, -0.15) is 0 Å². The van der Waals surface area contributed by atoms with E-state index in [4.69, 9.17) is 0 Å². The predicted octanol–water partition coefficient (Wildman–Crippen LogP) is 2.52. The second kappa shape index (κ2) is 5.26. The number of thiophene rings is 1. The van der Waals surface area contributed by atoms with Crippen LogP contribution in [-0.4, -0.2) is 18.4 Å². The van der Waals surface area contributed by atoms with Crippen LogP contribution >= 0.6 is 11.3 Å². The van der Waals surface area contributed by atoms with Gasteiger partial charge in [-0.05, 0) is 38.5 Å². The molecule has 0 spiro atoms. The third-order valence-electron chi connectivity index (χ3n) is 2.46. The van der Waals surface area contributed by atoms with E-state index >= 15 is 0 Å². The number of hydrogen-bond acceptors (Lipinski definition) is 5. The van der Waals surface area contributed by atoms with Gasteiger partial charge in [-0.3, -0.25) is 0 Å². The van der Waals surface area contributed by atoms with E-state index < -0.39 is 10.0 Å². The molecule has 0 bridgehead atoms. The third kappa shape index (κ3) is 3.30. The van der Waals surface area contributed by atoms with Crippen LogP contribution in [-0.2, 0) is 16.4 Å². The molecule has 102 valence electrons. The molecule has 2 aromatic rings. The van der Waals surface area contributed by atoms with Gasteiger partial charge in [0.05, 0.1) is 0 Å². The van der Waals surface area contributed by atoms with E-state index in [9.17, 15) is 8.42 Å². The van der Waals surface area contributed by atoms with Crippen LogP contribution in [0.4, 0.5) is 5.95 Å². The van der Waals surface area contributed by atoms with Crippen LogP contribution < -0.4 is 4.72 Å². The Morgan fingerprint density at radius 2 is 1.84 bits per heavy atom. The van der Waals surface area contributed by atoms with E-state index in [0.29, 0.717) is 0 Å². The standard InChI is InChI=1S/C12H15N3O2S2/c1-4-10-5-6-11(18-10)19(16,17)15-12-13-8(2)7-9(3)14-12/h5-7H,4H2,1-3H3,(H,13,14,15). The average molecular weight is 297 g/mol. The van der Waals surface area contributed by atoms with Gasteiger partial charge < -0.3 is 0 Å². The second-order valence-corrected chi connectivity index (χ2v) is 7.23. The minimum atomic E-state index is -3.59. The lowest BCUT2D eigenvalue weighted by Crippen LogP contribution is -2.14. The Bertz CT molecular complexity index is 673. The maximum Gasteiger partial charge on any atom is 0.273 e. The Balaban J connectivity index is 2.30. The summed E-state index contributed by atoms with van der Waals surface area (Å²) >= 11 is 1.26. The molecule has 0 fully saturated rings. The van der Waals surface area contributed by atoms with Crippen LogP contribution in [0.1, 0.15) is 23.2 Å².